The van der Waals surface area contributed by atoms with Gasteiger partial charge in [0.1, 0.15) is 11.5 Å². The maximum atomic E-state index is 13.1. The van der Waals surface area contributed by atoms with Gasteiger partial charge in [-0.05, 0) is 75.5 Å². The van der Waals surface area contributed by atoms with E-state index in [2.05, 4.69) is 25.9 Å². The Morgan fingerprint density at radius 1 is 1.00 bits per heavy atom. The minimum absolute atomic E-state index is 0.143. The number of ether oxygens (including phenoxy) is 2. The van der Waals surface area contributed by atoms with Crippen molar-refractivity contribution in [1.29, 1.82) is 0 Å². The third-order valence-corrected chi connectivity index (χ3v) is 7.46. The summed E-state index contributed by atoms with van der Waals surface area (Å²) >= 11 is 0. The van der Waals surface area contributed by atoms with Crippen molar-refractivity contribution in [3.05, 3.63) is 47.8 Å². The van der Waals surface area contributed by atoms with Crippen LogP contribution in [0.15, 0.2) is 36.4 Å². The normalized spacial score (nSPS) is 28.4. The predicted octanol–water partition coefficient (Wildman–Crippen LogP) is 3.45. The molecule has 9 heteroatoms. The Labute approximate surface area is 205 Å². The smallest absolute Gasteiger partial charge is 0.391 e. The standard InChI is InChI=1S/C26H33N5O4/c1-17-5-3-6-20(28-17)23(32)30-25-12-18-11-19(13-25)15-26(14-18,16-25)31-24(33)35-22-8-4-7-21(29-22)27-9-10-34-2/h3-8,18-19H,9-16H2,1-2H3,(H,27,29)(H,30,32)(H,31,33). The van der Waals surface area contributed by atoms with Crippen molar-refractivity contribution in [2.75, 3.05) is 25.6 Å². The van der Waals surface area contributed by atoms with Gasteiger partial charge in [-0.25, -0.2) is 9.78 Å². The summed E-state index contributed by atoms with van der Waals surface area (Å²) in [6, 6.07) is 10.8. The molecule has 4 aliphatic rings. The molecular weight excluding hydrogens is 446 g/mol. The first-order chi connectivity index (χ1) is 16.9. The lowest BCUT2D eigenvalue weighted by Crippen LogP contribution is -2.70. The van der Waals surface area contributed by atoms with Crippen LogP contribution in [-0.2, 0) is 4.74 Å². The molecule has 0 radical (unpaired) electrons. The molecule has 9 nitrogen and oxygen atoms in total. The van der Waals surface area contributed by atoms with Crippen molar-refractivity contribution in [3.8, 4) is 5.88 Å². The molecule has 2 heterocycles. The molecule has 2 atom stereocenters. The number of carbonyl (C=O) groups is 2. The van der Waals surface area contributed by atoms with Crippen LogP contribution in [0.3, 0.4) is 0 Å². The van der Waals surface area contributed by atoms with E-state index < -0.39 is 6.09 Å². The summed E-state index contributed by atoms with van der Waals surface area (Å²) in [5.74, 6) is 1.65. The molecule has 3 N–H and O–H groups in total. The van der Waals surface area contributed by atoms with Gasteiger partial charge in [-0.1, -0.05) is 12.1 Å². The molecule has 4 aliphatic carbocycles. The van der Waals surface area contributed by atoms with Gasteiger partial charge in [-0.3, -0.25) is 4.79 Å². The van der Waals surface area contributed by atoms with Crippen LogP contribution in [0, 0.1) is 18.8 Å². The molecule has 0 spiro atoms. The molecule has 0 aliphatic heterocycles. The minimum Gasteiger partial charge on any atom is -0.391 e. The Hall–Kier alpha value is -3.20. The summed E-state index contributed by atoms with van der Waals surface area (Å²) in [5.41, 5.74) is 0.536. The summed E-state index contributed by atoms with van der Waals surface area (Å²) in [5, 5.41) is 9.64. The highest BCUT2D eigenvalue weighted by Crippen LogP contribution is 2.57. The number of nitrogens with zero attached hydrogens (tertiary/aromatic N) is 2. The van der Waals surface area contributed by atoms with Crippen molar-refractivity contribution in [2.24, 2.45) is 11.8 Å². The van der Waals surface area contributed by atoms with Crippen LogP contribution in [0.2, 0.25) is 0 Å². The van der Waals surface area contributed by atoms with Gasteiger partial charge in [0, 0.05) is 36.5 Å². The second-order valence-electron chi connectivity index (χ2n) is 10.4. The first kappa shape index (κ1) is 23.5. The molecule has 2 aromatic heterocycles. The highest BCUT2D eigenvalue weighted by atomic mass is 16.6. The maximum Gasteiger partial charge on any atom is 0.414 e. The van der Waals surface area contributed by atoms with Crippen molar-refractivity contribution in [1.82, 2.24) is 20.6 Å². The molecule has 2 aromatic rings. The van der Waals surface area contributed by atoms with E-state index in [0.29, 0.717) is 42.9 Å². The van der Waals surface area contributed by atoms with Crippen LogP contribution in [0.25, 0.3) is 0 Å². The molecule has 4 bridgehead atoms. The minimum atomic E-state index is -0.504. The van der Waals surface area contributed by atoms with Crippen LogP contribution >= 0.6 is 0 Å². The van der Waals surface area contributed by atoms with Crippen LogP contribution in [0.4, 0.5) is 10.6 Å². The lowest BCUT2D eigenvalue weighted by atomic mass is 9.50. The van der Waals surface area contributed by atoms with Crippen LogP contribution < -0.4 is 20.7 Å². The number of aromatic nitrogens is 2. The third-order valence-electron chi connectivity index (χ3n) is 7.46. The van der Waals surface area contributed by atoms with Crippen LogP contribution in [-0.4, -0.2) is 53.3 Å². The largest absolute Gasteiger partial charge is 0.414 e. The molecule has 4 fully saturated rings. The number of methoxy groups -OCH3 is 1. The molecule has 35 heavy (non-hydrogen) atoms. The second-order valence-corrected chi connectivity index (χ2v) is 10.4. The Morgan fingerprint density at radius 3 is 2.43 bits per heavy atom. The molecule has 0 saturated heterocycles. The van der Waals surface area contributed by atoms with Crippen LogP contribution in [0.1, 0.15) is 54.7 Å². The summed E-state index contributed by atoms with van der Waals surface area (Å²) in [7, 11) is 1.64. The Morgan fingerprint density at radius 2 is 1.71 bits per heavy atom. The van der Waals surface area contributed by atoms with Crippen molar-refractivity contribution >= 4 is 17.8 Å². The average molecular weight is 480 g/mol. The van der Waals surface area contributed by atoms with Gasteiger partial charge in [0.05, 0.1) is 6.61 Å². The predicted molar refractivity (Wildman–Crippen MR) is 130 cm³/mol. The SMILES string of the molecule is COCCNc1cccc(OC(=O)NC23CC4CC(C2)CC(NC(=O)c2cccc(C)n2)(C4)C3)n1. The van der Waals surface area contributed by atoms with Gasteiger partial charge in [0.15, 0.2) is 0 Å². The third kappa shape index (κ3) is 5.24. The van der Waals surface area contributed by atoms with Gasteiger partial charge < -0.3 is 25.4 Å². The first-order valence-corrected chi connectivity index (χ1v) is 12.3. The summed E-state index contributed by atoms with van der Waals surface area (Å²) in [6.45, 7) is 3.04. The van der Waals surface area contributed by atoms with E-state index >= 15 is 0 Å². The maximum absolute atomic E-state index is 13.1. The molecule has 186 valence electrons. The van der Waals surface area contributed by atoms with Gasteiger partial charge in [0.25, 0.3) is 5.91 Å². The number of rotatable bonds is 8. The zero-order chi connectivity index (χ0) is 24.5. The van der Waals surface area contributed by atoms with Gasteiger partial charge in [-0.2, -0.15) is 4.98 Å². The van der Waals surface area contributed by atoms with Crippen LogP contribution in [0.5, 0.6) is 5.88 Å². The van der Waals surface area contributed by atoms with Gasteiger partial charge >= 0.3 is 6.09 Å². The fourth-order valence-electron chi connectivity index (χ4n) is 6.72. The fraction of sp³-hybridized carbons (Fsp3) is 0.538. The molecule has 2 unspecified atom stereocenters. The number of hydrogen-bond donors (Lipinski definition) is 3. The van der Waals surface area contributed by atoms with E-state index in [-0.39, 0.29) is 22.9 Å². The Bertz CT molecular complexity index is 1090. The second kappa shape index (κ2) is 9.45. The lowest BCUT2D eigenvalue weighted by molar-refractivity contribution is -0.0450. The van der Waals surface area contributed by atoms with E-state index in [9.17, 15) is 9.59 Å². The van der Waals surface area contributed by atoms with E-state index in [1.54, 1.807) is 25.3 Å². The lowest BCUT2D eigenvalue weighted by Gasteiger charge is -2.61. The number of aryl methyl sites for hydroxylation is 1. The number of amides is 2. The first-order valence-electron chi connectivity index (χ1n) is 12.3. The van der Waals surface area contributed by atoms with Crippen molar-refractivity contribution in [2.45, 2.75) is 56.5 Å². The van der Waals surface area contributed by atoms with E-state index in [0.717, 1.165) is 37.8 Å². The van der Waals surface area contributed by atoms with Crippen molar-refractivity contribution < 1.29 is 19.1 Å². The number of anilines is 1. The summed E-state index contributed by atoms with van der Waals surface area (Å²) in [6.07, 6.45) is 5.04. The Kier molecular flexibility index (Phi) is 6.35. The van der Waals surface area contributed by atoms with E-state index in [1.807, 2.05) is 25.1 Å². The number of carbonyl (C=O) groups excluding carboxylic acids is 2. The highest BCUT2D eigenvalue weighted by Gasteiger charge is 2.59. The average Bonchev–Trinajstić information content (AvgIpc) is 2.78. The zero-order valence-electron chi connectivity index (χ0n) is 20.3. The monoisotopic (exact) mass is 479 g/mol. The van der Waals surface area contributed by atoms with Gasteiger partial charge in [-0.15, -0.1) is 0 Å². The van der Waals surface area contributed by atoms with E-state index in [1.165, 1.54) is 0 Å². The molecular formula is C26H33N5O4. The molecule has 6 rings (SSSR count). The summed E-state index contributed by atoms with van der Waals surface area (Å²) in [4.78, 5) is 34.8. The number of pyridine rings is 2. The molecule has 0 aromatic carbocycles. The number of nitrogens with one attached hydrogen (secondary N) is 3. The zero-order valence-corrected chi connectivity index (χ0v) is 20.3. The summed E-state index contributed by atoms with van der Waals surface area (Å²) < 4.78 is 10.6. The highest BCUT2D eigenvalue weighted by molar-refractivity contribution is 5.92. The Balaban J connectivity index is 1.26. The van der Waals surface area contributed by atoms with E-state index in [4.69, 9.17) is 9.47 Å². The molecule has 4 saturated carbocycles. The topological polar surface area (TPSA) is 114 Å². The van der Waals surface area contributed by atoms with Crippen molar-refractivity contribution in [3.63, 3.8) is 0 Å². The van der Waals surface area contributed by atoms with Gasteiger partial charge in [0.2, 0.25) is 5.88 Å². The molecule has 2 amide bonds. The number of hydrogen-bond acceptors (Lipinski definition) is 7. The quantitative estimate of drug-likeness (QED) is 0.497. The fourth-order valence-corrected chi connectivity index (χ4v) is 6.72.